The molecule has 2 atom stereocenters. The molecule has 18 heavy (non-hydrogen) atoms. The minimum atomic E-state index is 0.512. The molecule has 102 valence electrons. The number of rotatable bonds is 6. The van der Waals surface area contributed by atoms with E-state index in [9.17, 15) is 0 Å². The summed E-state index contributed by atoms with van der Waals surface area (Å²) in [5.41, 5.74) is 2.48. The van der Waals surface area contributed by atoms with E-state index in [1.54, 1.807) is 0 Å². The molecule has 0 aromatic carbocycles. The Morgan fingerprint density at radius 1 is 1.56 bits per heavy atom. The van der Waals surface area contributed by atoms with Crippen molar-refractivity contribution in [3.8, 4) is 0 Å². The molecular formula is C14H25N3O. The van der Waals surface area contributed by atoms with Crippen LogP contribution in [0.4, 0.5) is 0 Å². The molecule has 0 spiro atoms. The Kier molecular flexibility index (Phi) is 4.78. The van der Waals surface area contributed by atoms with Gasteiger partial charge in [0.05, 0.1) is 18.0 Å². The van der Waals surface area contributed by atoms with E-state index in [1.165, 1.54) is 17.8 Å². The first-order valence-corrected chi connectivity index (χ1v) is 7.11. The smallest absolute Gasteiger partial charge is 0.0625 e. The van der Waals surface area contributed by atoms with Crippen molar-refractivity contribution in [2.24, 2.45) is 5.92 Å². The number of aromatic nitrogens is 2. The molecule has 1 aromatic heterocycles. The maximum Gasteiger partial charge on any atom is 0.0625 e. The number of hydrogen-bond acceptors (Lipinski definition) is 3. The molecule has 4 nitrogen and oxygen atoms in total. The van der Waals surface area contributed by atoms with Crippen LogP contribution in [-0.2, 0) is 24.2 Å². The Balaban J connectivity index is 1.90. The van der Waals surface area contributed by atoms with E-state index >= 15 is 0 Å². The van der Waals surface area contributed by atoms with E-state index in [2.05, 4.69) is 41.9 Å². The number of hydrogen-bond donors (Lipinski definition) is 1. The second-order valence-electron chi connectivity index (χ2n) is 5.09. The molecule has 0 saturated carbocycles. The SMILES string of the molecule is CCc1cc(CNC(C)C2CCOC2)n(CC)n1. The van der Waals surface area contributed by atoms with E-state index in [4.69, 9.17) is 4.74 Å². The molecule has 0 aliphatic carbocycles. The Labute approximate surface area is 110 Å². The molecular weight excluding hydrogens is 226 g/mol. The lowest BCUT2D eigenvalue weighted by Crippen LogP contribution is -2.34. The molecule has 2 rings (SSSR count). The van der Waals surface area contributed by atoms with Crippen LogP contribution in [0.2, 0.25) is 0 Å². The average Bonchev–Trinajstić information content (AvgIpc) is 3.04. The summed E-state index contributed by atoms with van der Waals surface area (Å²) in [5, 5.41) is 8.19. The first-order chi connectivity index (χ1) is 8.74. The third kappa shape index (κ3) is 3.12. The number of ether oxygens (including phenoxy) is 1. The summed E-state index contributed by atoms with van der Waals surface area (Å²) in [7, 11) is 0. The first-order valence-electron chi connectivity index (χ1n) is 7.11. The van der Waals surface area contributed by atoms with Crippen LogP contribution in [0, 0.1) is 5.92 Å². The van der Waals surface area contributed by atoms with Gasteiger partial charge in [-0.3, -0.25) is 4.68 Å². The van der Waals surface area contributed by atoms with Crippen LogP contribution in [-0.4, -0.2) is 29.0 Å². The summed E-state index contributed by atoms with van der Waals surface area (Å²) in [6, 6.07) is 2.73. The predicted octanol–water partition coefficient (Wildman–Crippen LogP) is 1.98. The molecule has 1 aliphatic heterocycles. The lowest BCUT2D eigenvalue weighted by Gasteiger charge is -2.19. The normalized spacial score (nSPS) is 21.4. The van der Waals surface area contributed by atoms with Gasteiger partial charge in [0.25, 0.3) is 0 Å². The fourth-order valence-corrected chi connectivity index (χ4v) is 2.48. The monoisotopic (exact) mass is 251 g/mol. The van der Waals surface area contributed by atoms with Crippen LogP contribution >= 0.6 is 0 Å². The second-order valence-corrected chi connectivity index (χ2v) is 5.09. The molecule has 0 radical (unpaired) electrons. The zero-order valence-electron chi connectivity index (χ0n) is 11.8. The van der Waals surface area contributed by atoms with Gasteiger partial charge in [0, 0.05) is 25.7 Å². The van der Waals surface area contributed by atoms with Gasteiger partial charge in [-0.05, 0) is 38.7 Å². The van der Waals surface area contributed by atoms with E-state index in [1.807, 2.05) is 0 Å². The van der Waals surface area contributed by atoms with Gasteiger partial charge in [-0.1, -0.05) is 6.92 Å². The van der Waals surface area contributed by atoms with Crippen molar-refractivity contribution in [2.45, 2.75) is 52.7 Å². The molecule has 2 heterocycles. The average molecular weight is 251 g/mol. The molecule has 1 aromatic rings. The summed E-state index contributed by atoms with van der Waals surface area (Å²) in [5.74, 6) is 0.661. The minimum absolute atomic E-state index is 0.512. The Hall–Kier alpha value is -0.870. The molecule has 1 N–H and O–H groups in total. The number of aryl methyl sites for hydroxylation is 2. The summed E-state index contributed by atoms with van der Waals surface area (Å²) < 4.78 is 7.54. The summed E-state index contributed by atoms with van der Waals surface area (Å²) in [6.07, 6.45) is 2.19. The van der Waals surface area contributed by atoms with Gasteiger partial charge in [0.1, 0.15) is 0 Å². The highest BCUT2D eigenvalue weighted by molar-refractivity contribution is 5.10. The lowest BCUT2D eigenvalue weighted by molar-refractivity contribution is 0.178. The standard InChI is InChI=1S/C14H25N3O/c1-4-13-8-14(17(5-2)16-13)9-15-11(3)12-6-7-18-10-12/h8,11-12,15H,4-7,9-10H2,1-3H3. The van der Waals surface area contributed by atoms with Gasteiger partial charge in [-0.25, -0.2) is 0 Å². The predicted molar refractivity (Wildman–Crippen MR) is 72.5 cm³/mol. The van der Waals surface area contributed by atoms with Crippen LogP contribution in [0.5, 0.6) is 0 Å². The van der Waals surface area contributed by atoms with Crippen molar-refractivity contribution >= 4 is 0 Å². The van der Waals surface area contributed by atoms with Crippen molar-refractivity contribution < 1.29 is 4.74 Å². The van der Waals surface area contributed by atoms with Gasteiger partial charge in [-0.2, -0.15) is 5.10 Å². The largest absolute Gasteiger partial charge is 0.381 e. The number of nitrogens with one attached hydrogen (secondary N) is 1. The van der Waals surface area contributed by atoms with Gasteiger partial charge in [0.2, 0.25) is 0 Å². The molecule has 1 fully saturated rings. The van der Waals surface area contributed by atoms with E-state index in [0.717, 1.165) is 32.7 Å². The van der Waals surface area contributed by atoms with Gasteiger partial charge >= 0.3 is 0 Å². The van der Waals surface area contributed by atoms with Crippen LogP contribution in [0.25, 0.3) is 0 Å². The molecule has 2 unspecified atom stereocenters. The zero-order valence-corrected chi connectivity index (χ0v) is 11.8. The number of nitrogens with zero attached hydrogens (tertiary/aromatic N) is 2. The Morgan fingerprint density at radius 2 is 2.39 bits per heavy atom. The highest BCUT2D eigenvalue weighted by atomic mass is 16.5. The lowest BCUT2D eigenvalue weighted by atomic mass is 10.0. The molecule has 4 heteroatoms. The van der Waals surface area contributed by atoms with Gasteiger partial charge in [0.15, 0.2) is 0 Å². The Morgan fingerprint density at radius 3 is 3.00 bits per heavy atom. The molecule has 1 saturated heterocycles. The van der Waals surface area contributed by atoms with E-state index < -0.39 is 0 Å². The fraction of sp³-hybridized carbons (Fsp3) is 0.786. The van der Waals surface area contributed by atoms with Crippen molar-refractivity contribution in [1.82, 2.24) is 15.1 Å². The van der Waals surface area contributed by atoms with E-state index in [-0.39, 0.29) is 0 Å². The highest BCUT2D eigenvalue weighted by Gasteiger charge is 2.22. The van der Waals surface area contributed by atoms with Crippen LogP contribution in [0.15, 0.2) is 6.07 Å². The van der Waals surface area contributed by atoms with Crippen LogP contribution in [0.1, 0.15) is 38.6 Å². The molecule has 0 bridgehead atoms. The van der Waals surface area contributed by atoms with Crippen molar-refractivity contribution in [2.75, 3.05) is 13.2 Å². The third-order valence-corrected chi connectivity index (χ3v) is 3.85. The zero-order chi connectivity index (χ0) is 13.0. The highest BCUT2D eigenvalue weighted by Crippen LogP contribution is 2.17. The quantitative estimate of drug-likeness (QED) is 0.840. The van der Waals surface area contributed by atoms with E-state index in [0.29, 0.717) is 12.0 Å². The van der Waals surface area contributed by atoms with Crippen molar-refractivity contribution in [3.05, 3.63) is 17.5 Å². The minimum Gasteiger partial charge on any atom is -0.381 e. The van der Waals surface area contributed by atoms with Gasteiger partial charge < -0.3 is 10.1 Å². The van der Waals surface area contributed by atoms with Crippen LogP contribution < -0.4 is 5.32 Å². The topological polar surface area (TPSA) is 39.1 Å². The van der Waals surface area contributed by atoms with Crippen molar-refractivity contribution in [3.63, 3.8) is 0 Å². The summed E-state index contributed by atoms with van der Waals surface area (Å²) in [6.45, 7) is 10.2. The fourth-order valence-electron chi connectivity index (χ4n) is 2.48. The maximum absolute atomic E-state index is 5.44. The molecule has 1 aliphatic rings. The molecule has 0 amide bonds. The second kappa shape index (κ2) is 6.34. The van der Waals surface area contributed by atoms with Crippen molar-refractivity contribution in [1.29, 1.82) is 0 Å². The third-order valence-electron chi connectivity index (χ3n) is 3.85. The maximum atomic E-state index is 5.44. The van der Waals surface area contributed by atoms with Crippen LogP contribution in [0.3, 0.4) is 0 Å². The summed E-state index contributed by atoms with van der Waals surface area (Å²) >= 11 is 0. The van der Waals surface area contributed by atoms with Gasteiger partial charge in [-0.15, -0.1) is 0 Å². The Bertz CT molecular complexity index is 369. The first kappa shape index (κ1) is 13.6. The summed E-state index contributed by atoms with van der Waals surface area (Å²) in [4.78, 5) is 0.